The number of carbonyl (C=O) groups excluding carboxylic acids is 1. The minimum atomic E-state index is -0.182. The highest BCUT2D eigenvalue weighted by molar-refractivity contribution is 5.90. The number of nitrogens with zero attached hydrogens (tertiary/aromatic N) is 4. The second-order valence-electron chi connectivity index (χ2n) is 4.50. The average molecular weight is 267 g/mol. The zero-order valence-electron chi connectivity index (χ0n) is 10.9. The summed E-state index contributed by atoms with van der Waals surface area (Å²) < 4.78 is 1.57. The number of benzene rings is 1. The van der Waals surface area contributed by atoms with Gasteiger partial charge in [0.2, 0.25) is 5.91 Å². The van der Waals surface area contributed by atoms with E-state index >= 15 is 0 Å². The van der Waals surface area contributed by atoms with Crippen LogP contribution in [0.25, 0.3) is 11.0 Å². The summed E-state index contributed by atoms with van der Waals surface area (Å²) in [5, 5.41) is 10.7. The Morgan fingerprint density at radius 3 is 3.00 bits per heavy atom. The monoisotopic (exact) mass is 267 g/mol. The molecule has 3 aromatic rings. The topological polar surface area (TPSA) is 72.7 Å². The van der Waals surface area contributed by atoms with E-state index in [2.05, 4.69) is 20.6 Å². The Labute approximate surface area is 115 Å². The van der Waals surface area contributed by atoms with E-state index < -0.39 is 0 Å². The van der Waals surface area contributed by atoms with Gasteiger partial charge in [-0.25, -0.2) is 9.67 Å². The molecule has 0 unspecified atom stereocenters. The quantitative estimate of drug-likeness (QED) is 0.785. The van der Waals surface area contributed by atoms with Crippen LogP contribution in [0.4, 0.5) is 5.82 Å². The minimum absolute atomic E-state index is 0.107. The molecule has 0 fully saturated rings. The molecule has 0 aliphatic heterocycles. The number of para-hydroxylation sites is 1. The molecule has 0 bridgehead atoms. The molecule has 20 heavy (non-hydrogen) atoms. The van der Waals surface area contributed by atoms with Gasteiger partial charge in [0.15, 0.2) is 0 Å². The van der Waals surface area contributed by atoms with Crippen molar-refractivity contribution in [2.24, 2.45) is 0 Å². The molecule has 1 amide bonds. The maximum atomic E-state index is 12.0. The molecule has 2 aromatic heterocycles. The number of hydrogen-bond acceptors (Lipinski definition) is 4. The van der Waals surface area contributed by atoms with E-state index in [4.69, 9.17) is 0 Å². The Hall–Kier alpha value is -2.76. The van der Waals surface area contributed by atoms with Gasteiger partial charge in [-0.3, -0.25) is 4.79 Å². The Bertz CT molecular complexity index is 765. The third-order valence-corrected chi connectivity index (χ3v) is 2.90. The zero-order valence-corrected chi connectivity index (χ0v) is 10.9. The molecule has 0 saturated heterocycles. The first-order valence-corrected chi connectivity index (χ1v) is 6.23. The van der Waals surface area contributed by atoms with Crippen molar-refractivity contribution in [1.29, 1.82) is 0 Å². The third kappa shape index (κ3) is 2.49. The second-order valence-corrected chi connectivity index (χ2v) is 4.50. The summed E-state index contributed by atoms with van der Waals surface area (Å²) in [6, 6.07) is 11.2. The molecule has 2 heterocycles. The first kappa shape index (κ1) is 12.3. The summed E-state index contributed by atoms with van der Waals surface area (Å²) in [5.41, 5.74) is 2.65. The molecule has 0 spiro atoms. The summed E-state index contributed by atoms with van der Waals surface area (Å²) in [7, 11) is 0. The SMILES string of the molecule is Cc1ccnc(NC(=O)Cn2nnc3ccccc32)c1. The first-order valence-electron chi connectivity index (χ1n) is 6.23. The molecule has 3 rings (SSSR count). The number of rotatable bonds is 3. The first-order chi connectivity index (χ1) is 9.72. The highest BCUT2D eigenvalue weighted by atomic mass is 16.2. The number of anilines is 1. The van der Waals surface area contributed by atoms with Crippen molar-refractivity contribution in [1.82, 2.24) is 20.0 Å². The van der Waals surface area contributed by atoms with Crippen LogP contribution in [0.3, 0.4) is 0 Å². The Morgan fingerprint density at radius 2 is 2.15 bits per heavy atom. The lowest BCUT2D eigenvalue weighted by atomic mass is 10.3. The lowest BCUT2D eigenvalue weighted by Gasteiger charge is -2.05. The smallest absolute Gasteiger partial charge is 0.247 e. The van der Waals surface area contributed by atoms with E-state index in [1.165, 1.54) is 0 Å². The Morgan fingerprint density at radius 1 is 1.30 bits per heavy atom. The molecule has 0 aliphatic carbocycles. The van der Waals surface area contributed by atoms with Gasteiger partial charge in [0.05, 0.1) is 5.52 Å². The van der Waals surface area contributed by atoms with Crippen LogP contribution in [0.2, 0.25) is 0 Å². The fraction of sp³-hybridized carbons (Fsp3) is 0.143. The molecule has 0 radical (unpaired) electrons. The predicted octanol–water partition coefficient (Wildman–Crippen LogP) is 1.77. The van der Waals surface area contributed by atoms with E-state index in [0.29, 0.717) is 5.82 Å². The number of hydrogen-bond donors (Lipinski definition) is 1. The summed E-state index contributed by atoms with van der Waals surface area (Å²) in [6.07, 6.45) is 1.66. The number of nitrogens with one attached hydrogen (secondary N) is 1. The molecule has 0 aliphatic rings. The number of fused-ring (bicyclic) bond motifs is 1. The number of aryl methyl sites for hydroxylation is 1. The number of aromatic nitrogens is 4. The number of pyridine rings is 1. The van der Waals surface area contributed by atoms with Gasteiger partial charge in [-0.2, -0.15) is 0 Å². The van der Waals surface area contributed by atoms with Crippen molar-refractivity contribution in [2.45, 2.75) is 13.5 Å². The van der Waals surface area contributed by atoms with Crippen LogP contribution in [0.1, 0.15) is 5.56 Å². The van der Waals surface area contributed by atoms with Crippen LogP contribution >= 0.6 is 0 Å². The van der Waals surface area contributed by atoms with Gasteiger partial charge in [0.25, 0.3) is 0 Å². The molecule has 6 heteroatoms. The largest absolute Gasteiger partial charge is 0.309 e. The maximum absolute atomic E-state index is 12.0. The van der Waals surface area contributed by atoms with E-state index in [9.17, 15) is 4.79 Å². The van der Waals surface area contributed by atoms with Crippen LogP contribution in [0, 0.1) is 6.92 Å². The fourth-order valence-corrected chi connectivity index (χ4v) is 1.96. The lowest BCUT2D eigenvalue weighted by molar-refractivity contribution is -0.116. The van der Waals surface area contributed by atoms with Crippen molar-refractivity contribution in [3.8, 4) is 0 Å². The van der Waals surface area contributed by atoms with E-state index in [-0.39, 0.29) is 12.5 Å². The van der Waals surface area contributed by atoms with Gasteiger partial charge in [0, 0.05) is 6.20 Å². The van der Waals surface area contributed by atoms with Gasteiger partial charge in [-0.1, -0.05) is 17.3 Å². The minimum Gasteiger partial charge on any atom is -0.309 e. The molecule has 100 valence electrons. The van der Waals surface area contributed by atoms with Gasteiger partial charge < -0.3 is 5.32 Å². The highest BCUT2D eigenvalue weighted by Crippen LogP contribution is 2.10. The van der Waals surface area contributed by atoms with Gasteiger partial charge in [0.1, 0.15) is 17.9 Å². The fourth-order valence-electron chi connectivity index (χ4n) is 1.96. The molecule has 6 nitrogen and oxygen atoms in total. The van der Waals surface area contributed by atoms with Crippen molar-refractivity contribution < 1.29 is 4.79 Å². The zero-order chi connectivity index (χ0) is 13.9. The standard InChI is InChI=1S/C14H13N5O/c1-10-6-7-15-13(8-10)16-14(20)9-19-12-5-3-2-4-11(12)17-18-19/h2-8H,9H2,1H3,(H,15,16,20). The highest BCUT2D eigenvalue weighted by Gasteiger charge is 2.09. The van der Waals surface area contributed by atoms with Crippen molar-refractivity contribution >= 4 is 22.8 Å². The van der Waals surface area contributed by atoms with Gasteiger partial charge in [-0.15, -0.1) is 5.10 Å². The number of amides is 1. The number of carbonyl (C=O) groups is 1. The summed E-state index contributed by atoms with van der Waals surface area (Å²) >= 11 is 0. The average Bonchev–Trinajstić information content (AvgIpc) is 2.82. The van der Waals surface area contributed by atoms with Crippen molar-refractivity contribution in [3.63, 3.8) is 0 Å². The maximum Gasteiger partial charge on any atom is 0.247 e. The summed E-state index contributed by atoms with van der Waals surface area (Å²) in [6.45, 7) is 2.05. The Kier molecular flexibility index (Phi) is 3.12. The van der Waals surface area contributed by atoms with Crippen molar-refractivity contribution in [3.05, 3.63) is 48.2 Å². The van der Waals surface area contributed by atoms with Crippen LogP contribution in [-0.4, -0.2) is 25.9 Å². The molecule has 0 saturated carbocycles. The molecule has 0 atom stereocenters. The molecular formula is C14H13N5O. The van der Waals surface area contributed by atoms with Crippen LogP contribution < -0.4 is 5.32 Å². The Balaban J connectivity index is 1.76. The normalized spacial score (nSPS) is 10.7. The van der Waals surface area contributed by atoms with Crippen LogP contribution in [-0.2, 0) is 11.3 Å². The van der Waals surface area contributed by atoms with Crippen molar-refractivity contribution in [2.75, 3.05) is 5.32 Å². The predicted molar refractivity (Wildman–Crippen MR) is 75.1 cm³/mol. The second kappa shape index (κ2) is 5.08. The molecule has 1 N–H and O–H groups in total. The van der Waals surface area contributed by atoms with Crippen LogP contribution in [0.5, 0.6) is 0 Å². The van der Waals surface area contributed by atoms with E-state index in [1.807, 2.05) is 43.3 Å². The lowest BCUT2D eigenvalue weighted by Crippen LogP contribution is -2.20. The van der Waals surface area contributed by atoms with E-state index in [1.54, 1.807) is 10.9 Å². The van der Waals surface area contributed by atoms with Crippen LogP contribution in [0.15, 0.2) is 42.6 Å². The molecular weight excluding hydrogens is 254 g/mol. The summed E-state index contributed by atoms with van der Waals surface area (Å²) in [4.78, 5) is 16.1. The molecule has 1 aromatic carbocycles. The van der Waals surface area contributed by atoms with Gasteiger partial charge >= 0.3 is 0 Å². The summed E-state index contributed by atoms with van der Waals surface area (Å²) in [5.74, 6) is 0.359. The van der Waals surface area contributed by atoms with Gasteiger partial charge in [-0.05, 0) is 36.8 Å². The third-order valence-electron chi connectivity index (χ3n) is 2.90. The van der Waals surface area contributed by atoms with E-state index in [0.717, 1.165) is 16.6 Å².